The number of hydrogen-bond acceptors (Lipinski definition) is 3. The van der Waals surface area contributed by atoms with Crippen LogP contribution in [0.15, 0.2) is 15.9 Å². The number of ketones is 1. The average Bonchev–Trinajstić information content (AvgIpc) is 2.36. The number of thiophene rings is 1. The van der Waals surface area contributed by atoms with Crippen molar-refractivity contribution in [2.45, 2.75) is 6.42 Å². The van der Waals surface area contributed by atoms with Gasteiger partial charge in [0.25, 0.3) is 0 Å². The second-order valence-corrected chi connectivity index (χ2v) is 4.46. The largest absolute Gasteiger partial charge is 0.396 e. The van der Waals surface area contributed by atoms with Crippen LogP contribution in [0.25, 0.3) is 0 Å². The molecule has 60 valence electrons. The summed E-state index contributed by atoms with van der Waals surface area (Å²) in [6.07, 6.45) is 0.215. The minimum Gasteiger partial charge on any atom is -0.396 e. The van der Waals surface area contributed by atoms with Gasteiger partial charge >= 0.3 is 0 Å². The maximum atomic E-state index is 11.1. The van der Waals surface area contributed by atoms with E-state index < -0.39 is 0 Å². The number of carbonyl (C=O) groups excluding carboxylic acids is 1. The summed E-state index contributed by atoms with van der Waals surface area (Å²) in [5, 5.41) is 8.48. The number of rotatable bonds is 3. The first-order valence-corrected chi connectivity index (χ1v) is 4.74. The molecule has 1 rings (SSSR count). The highest BCUT2D eigenvalue weighted by Gasteiger charge is 2.06. The van der Waals surface area contributed by atoms with Crippen molar-refractivity contribution in [1.29, 1.82) is 0 Å². The molecule has 0 radical (unpaired) electrons. The minimum atomic E-state index is -0.0750. The van der Waals surface area contributed by atoms with Gasteiger partial charge in [-0.25, -0.2) is 0 Å². The quantitative estimate of drug-likeness (QED) is 0.814. The van der Waals surface area contributed by atoms with E-state index in [9.17, 15) is 4.79 Å². The summed E-state index contributed by atoms with van der Waals surface area (Å²) in [5.74, 6) is 0.00296. The molecule has 0 saturated heterocycles. The molecule has 11 heavy (non-hydrogen) atoms. The van der Waals surface area contributed by atoms with Crippen LogP contribution in [-0.2, 0) is 0 Å². The van der Waals surface area contributed by atoms with Crippen molar-refractivity contribution in [1.82, 2.24) is 0 Å². The summed E-state index contributed by atoms with van der Waals surface area (Å²) in [4.78, 5) is 11.8. The minimum absolute atomic E-state index is 0.00296. The van der Waals surface area contributed by atoms with E-state index in [1.165, 1.54) is 11.3 Å². The van der Waals surface area contributed by atoms with Gasteiger partial charge in [-0.1, -0.05) is 0 Å². The van der Waals surface area contributed by atoms with Crippen LogP contribution in [0.1, 0.15) is 16.1 Å². The van der Waals surface area contributed by atoms with Crippen molar-refractivity contribution in [3.05, 3.63) is 20.8 Å². The zero-order valence-electron chi connectivity index (χ0n) is 5.71. The summed E-state index contributed by atoms with van der Waals surface area (Å²) < 4.78 is 0.943. The number of hydrogen-bond donors (Lipinski definition) is 1. The van der Waals surface area contributed by atoms with Crippen molar-refractivity contribution in [2.75, 3.05) is 6.61 Å². The van der Waals surface area contributed by atoms with Gasteiger partial charge in [0, 0.05) is 6.42 Å². The maximum absolute atomic E-state index is 11.1. The highest BCUT2D eigenvalue weighted by atomic mass is 79.9. The van der Waals surface area contributed by atoms with E-state index in [2.05, 4.69) is 15.9 Å². The molecule has 1 N–H and O–H groups in total. The van der Waals surface area contributed by atoms with E-state index in [4.69, 9.17) is 5.11 Å². The summed E-state index contributed by atoms with van der Waals surface area (Å²) >= 11 is 4.65. The molecule has 4 heteroatoms. The molecule has 2 nitrogen and oxygen atoms in total. The molecule has 0 aliphatic heterocycles. The zero-order chi connectivity index (χ0) is 8.27. The molecule has 0 aliphatic rings. The Bertz CT molecular complexity index is 257. The van der Waals surface area contributed by atoms with Crippen LogP contribution in [0, 0.1) is 0 Å². The third kappa shape index (κ3) is 2.39. The van der Waals surface area contributed by atoms with Gasteiger partial charge in [0.1, 0.15) is 0 Å². The van der Waals surface area contributed by atoms with Crippen LogP contribution in [-0.4, -0.2) is 17.5 Å². The summed E-state index contributed by atoms with van der Waals surface area (Å²) in [7, 11) is 0. The lowest BCUT2D eigenvalue weighted by atomic mass is 10.2. The lowest BCUT2D eigenvalue weighted by molar-refractivity contribution is 0.0960. The van der Waals surface area contributed by atoms with Crippen LogP contribution < -0.4 is 0 Å². The van der Waals surface area contributed by atoms with Crippen LogP contribution in [0.2, 0.25) is 0 Å². The molecule has 0 spiro atoms. The first-order valence-electron chi connectivity index (χ1n) is 3.13. The van der Waals surface area contributed by atoms with Gasteiger partial charge in [-0.05, 0) is 28.1 Å². The number of aliphatic hydroxyl groups is 1. The monoisotopic (exact) mass is 234 g/mol. The SMILES string of the molecule is O=C(CCO)c1ccc(Br)s1. The highest BCUT2D eigenvalue weighted by Crippen LogP contribution is 2.22. The number of aliphatic hydroxyl groups excluding tert-OH is 1. The highest BCUT2D eigenvalue weighted by molar-refractivity contribution is 9.11. The first kappa shape index (κ1) is 8.90. The van der Waals surface area contributed by atoms with E-state index in [0.29, 0.717) is 4.88 Å². The first-order chi connectivity index (χ1) is 5.24. The van der Waals surface area contributed by atoms with Gasteiger partial charge < -0.3 is 5.11 Å². The fraction of sp³-hybridized carbons (Fsp3) is 0.286. The Balaban J connectivity index is 2.69. The summed E-state index contributed by atoms with van der Waals surface area (Å²) in [6, 6.07) is 3.59. The van der Waals surface area contributed by atoms with Crippen molar-refractivity contribution in [3.8, 4) is 0 Å². The van der Waals surface area contributed by atoms with Gasteiger partial charge in [-0.2, -0.15) is 0 Å². The normalized spacial score (nSPS) is 10.0. The molecule has 0 fully saturated rings. The van der Waals surface area contributed by atoms with Gasteiger partial charge in [0.2, 0.25) is 0 Å². The molecular formula is C7H7BrO2S. The van der Waals surface area contributed by atoms with Gasteiger partial charge in [-0.3, -0.25) is 4.79 Å². The second-order valence-electron chi connectivity index (χ2n) is 2.00. The molecule has 0 bridgehead atoms. The lowest BCUT2D eigenvalue weighted by Gasteiger charge is -1.90. The van der Waals surface area contributed by atoms with E-state index in [1.807, 2.05) is 6.07 Å². The van der Waals surface area contributed by atoms with E-state index >= 15 is 0 Å². The molecule has 0 aromatic carbocycles. The van der Waals surface area contributed by atoms with E-state index in [-0.39, 0.29) is 18.8 Å². The smallest absolute Gasteiger partial charge is 0.175 e. The predicted molar refractivity (Wildman–Crippen MR) is 48.1 cm³/mol. The molecule has 0 aliphatic carbocycles. The van der Waals surface area contributed by atoms with Crippen LogP contribution in [0.4, 0.5) is 0 Å². The predicted octanol–water partition coefficient (Wildman–Crippen LogP) is 2.08. The Labute approximate surface area is 77.0 Å². The Morgan fingerprint density at radius 1 is 1.64 bits per heavy atom. The Morgan fingerprint density at radius 2 is 2.36 bits per heavy atom. The number of Topliss-reactive ketones (excluding diaryl/α,β-unsaturated/α-hetero) is 1. The molecule has 0 amide bonds. The topological polar surface area (TPSA) is 37.3 Å². The average molecular weight is 235 g/mol. The van der Waals surface area contributed by atoms with Crippen molar-refractivity contribution in [2.24, 2.45) is 0 Å². The second kappa shape index (κ2) is 3.99. The third-order valence-electron chi connectivity index (χ3n) is 1.19. The number of carbonyl (C=O) groups is 1. The molecule has 1 aromatic rings. The van der Waals surface area contributed by atoms with Crippen molar-refractivity contribution in [3.63, 3.8) is 0 Å². The van der Waals surface area contributed by atoms with Crippen LogP contribution in [0.3, 0.4) is 0 Å². The van der Waals surface area contributed by atoms with Crippen LogP contribution in [0.5, 0.6) is 0 Å². The molecule has 0 unspecified atom stereocenters. The standard InChI is InChI=1S/C7H7BrO2S/c8-7-2-1-6(11-7)5(10)3-4-9/h1-2,9H,3-4H2. The van der Waals surface area contributed by atoms with E-state index in [0.717, 1.165) is 3.79 Å². The Kier molecular flexibility index (Phi) is 3.23. The number of halogens is 1. The summed E-state index contributed by atoms with van der Waals surface area (Å²) in [6.45, 7) is -0.0750. The van der Waals surface area contributed by atoms with Crippen molar-refractivity contribution < 1.29 is 9.90 Å². The zero-order valence-corrected chi connectivity index (χ0v) is 8.11. The van der Waals surface area contributed by atoms with Crippen LogP contribution >= 0.6 is 27.3 Å². The van der Waals surface area contributed by atoms with Gasteiger partial charge in [0.15, 0.2) is 5.78 Å². The molecule has 0 saturated carbocycles. The fourth-order valence-electron chi connectivity index (χ4n) is 0.689. The van der Waals surface area contributed by atoms with Gasteiger partial charge in [0.05, 0.1) is 15.3 Å². The molecular weight excluding hydrogens is 228 g/mol. The van der Waals surface area contributed by atoms with Gasteiger partial charge in [-0.15, -0.1) is 11.3 Å². The lowest BCUT2D eigenvalue weighted by Crippen LogP contribution is -1.98. The third-order valence-corrected chi connectivity index (χ3v) is 2.85. The Hall–Kier alpha value is -0.190. The Morgan fingerprint density at radius 3 is 2.82 bits per heavy atom. The maximum Gasteiger partial charge on any atom is 0.175 e. The van der Waals surface area contributed by atoms with E-state index in [1.54, 1.807) is 6.07 Å². The molecule has 1 heterocycles. The summed E-state index contributed by atoms with van der Waals surface area (Å²) in [5.41, 5.74) is 0. The van der Waals surface area contributed by atoms with Crippen molar-refractivity contribution >= 4 is 33.0 Å². The fourth-order valence-corrected chi connectivity index (χ4v) is 2.04. The molecule has 1 aromatic heterocycles. The molecule has 0 atom stereocenters.